The molecule has 0 amide bonds. The zero-order chi connectivity index (χ0) is 15.5. The second-order valence-electron chi connectivity index (χ2n) is 4.63. The lowest BCUT2D eigenvalue weighted by Crippen LogP contribution is -2.47. The second-order valence-corrected chi connectivity index (χ2v) is 4.63. The van der Waals surface area contributed by atoms with Crippen molar-refractivity contribution in [3.05, 3.63) is 0 Å². The average molecular weight is 288 g/mol. The highest BCUT2D eigenvalue weighted by Gasteiger charge is 2.52. The van der Waals surface area contributed by atoms with E-state index in [1.54, 1.807) is 0 Å². The summed E-state index contributed by atoms with van der Waals surface area (Å²) in [5.74, 6) is -7.78. The van der Waals surface area contributed by atoms with Crippen LogP contribution >= 0.6 is 0 Å². The fourth-order valence-corrected chi connectivity index (χ4v) is 2.22. The molecule has 9 nitrogen and oxygen atoms in total. The van der Waals surface area contributed by atoms with Crippen molar-refractivity contribution in [1.82, 2.24) is 0 Å². The van der Waals surface area contributed by atoms with Crippen LogP contribution in [0.15, 0.2) is 0 Å². The van der Waals surface area contributed by atoms with E-state index in [4.69, 9.17) is 15.3 Å². The van der Waals surface area contributed by atoms with Gasteiger partial charge in [-0.2, -0.15) is 0 Å². The molecule has 0 aromatic carbocycles. The molecule has 3 N–H and O–H groups in total. The molecule has 1 aliphatic rings. The van der Waals surface area contributed by atoms with E-state index < -0.39 is 66.9 Å². The monoisotopic (exact) mass is 288 g/mol. The summed E-state index contributed by atoms with van der Waals surface area (Å²) < 4.78 is 4.35. The average Bonchev–Trinajstić information content (AvgIpc) is 2.23. The molecule has 20 heavy (non-hydrogen) atoms. The number of esters is 2. The van der Waals surface area contributed by atoms with Crippen LogP contribution < -0.4 is 0 Å². The first-order chi connectivity index (χ1) is 9.16. The van der Waals surface area contributed by atoms with E-state index >= 15 is 0 Å². The highest BCUT2D eigenvalue weighted by atomic mass is 16.6. The van der Waals surface area contributed by atoms with Gasteiger partial charge in [0.15, 0.2) is 0 Å². The van der Waals surface area contributed by atoms with Crippen LogP contribution in [0.5, 0.6) is 0 Å². The number of carboxylic acids is 3. The maximum Gasteiger partial charge on any atom is 0.320 e. The number of carboxylic acid groups (broad SMARTS) is 3. The van der Waals surface area contributed by atoms with Gasteiger partial charge in [-0.25, -0.2) is 0 Å². The fourth-order valence-electron chi connectivity index (χ4n) is 2.22. The molecule has 1 fully saturated rings. The van der Waals surface area contributed by atoms with Gasteiger partial charge >= 0.3 is 29.8 Å². The molecule has 0 saturated carbocycles. The molecule has 1 rings (SSSR count). The van der Waals surface area contributed by atoms with Gasteiger partial charge in [0.1, 0.15) is 0 Å². The third-order valence-electron chi connectivity index (χ3n) is 3.00. The number of ether oxygens (including phenoxy) is 1. The SMILES string of the molecule is O=C(O)CC1CC(CC(=O)O)(CC(=O)O)C(=O)OC1=O. The number of rotatable bonds is 6. The molecule has 1 unspecified atom stereocenters. The van der Waals surface area contributed by atoms with Gasteiger partial charge in [-0.1, -0.05) is 0 Å². The van der Waals surface area contributed by atoms with E-state index in [0.29, 0.717) is 0 Å². The topological polar surface area (TPSA) is 155 Å². The normalized spacial score (nSPS) is 21.1. The predicted octanol–water partition coefficient (Wildman–Crippen LogP) is -0.513. The Morgan fingerprint density at radius 2 is 1.55 bits per heavy atom. The fraction of sp³-hybridized carbons (Fsp3) is 0.545. The summed E-state index contributed by atoms with van der Waals surface area (Å²) in [6.07, 6.45) is -2.83. The Kier molecular flexibility index (Phi) is 4.43. The van der Waals surface area contributed by atoms with Crippen molar-refractivity contribution in [3.8, 4) is 0 Å². The Labute approximate surface area is 112 Å². The number of hydrogen-bond donors (Lipinski definition) is 3. The smallest absolute Gasteiger partial charge is 0.320 e. The van der Waals surface area contributed by atoms with Crippen molar-refractivity contribution in [2.24, 2.45) is 11.3 Å². The van der Waals surface area contributed by atoms with Crippen LogP contribution in [0.1, 0.15) is 25.7 Å². The Hall–Kier alpha value is -2.45. The predicted molar refractivity (Wildman–Crippen MR) is 58.4 cm³/mol. The third kappa shape index (κ3) is 3.53. The van der Waals surface area contributed by atoms with Crippen LogP contribution in [0.3, 0.4) is 0 Å². The van der Waals surface area contributed by atoms with Crippen molar-refractivity contribution >= 4 is 29.8 Å². The van der Waals surface area contributed by atoms with Gasteiger partial charge in [0, 0.05) is 0 Å². The molecule has 0 bridgehead atoms. The maximum atomic E-state index is 11.7. The van der Waals surface area contributed by atoms with Gasteiger partial charge in [0.05, 0.1) is 30.6 Å². The first-order valence-corrected chi connectivity index (χ1v) is 5.58. The highest BCUT2D eigenvalue weighted by Crippen LogP contribution is 2.41. The standard InChI is InChI=1S/C11H12O9/c12-6(13)1-5-2-11(3-7(14)15,4-8(16)17)10(19)20-9(5)18/h5H,1-4H2,(H,12,13)(H,14,15)(H,16,17). The van der Waals surface area contributed by atoms with E-state index in [2.05, 4.69) is 4.74 Å². The van der Waals surface area contributed by atoms with Crippen molar-refractivity contribution < 1.29 is 44.0 Å². The highest BCUT2D eigenvalue weighted by molar-refractivity contribution is 5.97. The molecule has 0 aromatic rings. The van der Waals surface area contributed by atoms with Crippen LogP contribution in [0.25, 0.3) is 0 Å². The van der Waals surface area contributed by atoms with Crippen molar-refractivity contribution in [1.29, 1.82) is 0 Å². The van der Waals surface area contributed by atoms with Crippen molar-refractivity contribution in [2.45, 2.75) is 25.7 Å². The molecule has 0 radical (unpaired) electrons. The molecule has 9 heteroatoms. The van der Waals surface area contributed by atoms with E-state index in [1.807, 2.05) is 0 Å². The number of carbonyl (C=O) groups excluding carboxylic acids is 2. The van der Waals surface area contributed by atoms with Crippen LogP contribution in [-0.4, -0.2) is 45.2 Å². The number of carbonyl (C=O) groups is 5. The molecule has 1 atom stereocenters. The number of hydrogen-bond acceptors (Lipinski definition) is 6. The first-order valence-electron chi connectivity index (χ1n) is 5.58. The molecule has 0 aromatic heterocycles. The zero-order valence-electron chi connectivity index (χ0n) is 10.2. The lowest BCUT2D eigenvalue weighted by Gasteiger charge is -2.35. The number of cyclic esters (lactones) is 2. The molecule has 1 aliphatic heterocycles. The van der Waals surface area contributed by atoms with Crippen LogP contribution in [0.4, 0.5) is 0 Å². The summed E-state index contributed by atoms with van der Waals surface area (Å²) in [4.78, 5) is 55.4. The molecular weight excluding hydrogens is 276 g/mol. The zero-order valence-corrected chi connectivity index (χ0v) is 10.2. The van der Waals surface area contributed by atoms with Gasteiger partial charge in [-0.15, -0.1) is 0 Å². The summed E-state index contributed by atoms with van der Waals surface area (Å²) in [6.45, 7) is 0. The van der Waals surface area contributed by atoms with E-state index in [-0.39, 0.29) is 0 Å². The summed E-state index contributed by atoms with van der Waals surface area (Å²) >= 11 is 0. The van der Waals surface area contributed by atoms with Gasteiger partial charge in [-0.05, 0) is 6.42 Å². The van der Waals surface area contributed by atoms with E-state index in [9.17, 15) is 24.0 Å². The van der Waals surface area contributed by atoms with Gasteiger partial charge in [0.2, 0.25) is 0 Å². The second kappa shape index (κ2) is 5.68. The molecule has 1 heterocycles. The van der Waals surface area contributed by atoms with Gasteiger partial charge < -0.3 is 20.1 Å². The van der Waals surface area contributed by atoms with Crippen LogP contribution in [-0.2, 0) is 28.7 Å². The minimum atomic E-state index is -1.92. The molecule has 0 aliphatic carbocycles. The first kappa shape index (κ1) is 15.6. The van der Waals surface area contributed by atoms with Crippen LogP contribution in [0, 0.1) is 11.3 Å². The summed E-state index contributed by atoms with van der Waals surface area (Å²) in [5.41, 5.74) is -1.92. The Balaban J connectivity index is 3.08. The van der Waals surface area contributed by atoms with Gasteiger partial charge in [0.25, 0.3) is 0 Å². The van der Waals surface area contributed by atoms with E-state index in [1.165, 1.54) is 0 Å². The van der Waals surface area contributed by atoms with E-state index in [0.717, 1.165) is 0 Å². The van der Waals surface area contributed by atoms with Crippen molar-refractivity contribution in [2.75, 3.05) is 0 Å². The summed E-state index contributed by atoms with van der Waals surface area (Å²) in [7, 11) is 0. The summed E-state index contributed by atoms with van der Waals surface area (Å²) in [5, 5.41) is 26.2. The quantitative estimate of drug-likeness (QED) is 0.432. The maximum absolute atomic E-state index is 11.7. The summed E-state index contributed by atoms with van der Waals surface area (Å²) in [6, 6.07) is 0. The van der Waals surface area contributed by atoms with Gasteiger partial charge in [-0.3, -0.25) is 24.0 Å². The molecule has 0 spiro atoms. The van der Waals surface area contributed by atoms with Crippen LogP contribution in [0.2, 0.25) is 0 Å². The minimum Gasteiger partial charge on any atom is -0.481 e. The largest absolute Gasteiger partial charge is 0.481 e. The Bertz CT molecular complexity index is 462. The number of aliphatic carboxylic acids is 3. The molecule has 110 valence electrons. The Morgan fingerprint density at radius 1 is 1.05 bits per heavy atom. The lowest BCUT2D eigenvalue weighted by molar-refractivity contribution is -0.185. The molecular formula is C11H12O9. The third-order valence-corrected chi connectivity index (χ3v) is 3.00. The molecule has 1 saturated heterocycles. The van der Waals surface area contributed by atoms with Crippen molar-refractivity contribution in [3.63, 3.8) is 0 Å². The minimum absolute atomic E-state index is 0.477. The lowest BCUT2D eigenvalue weighted by atomic mass is 9.71. The Morgan fingerprint density at radius 3 is 1.95 bits per heavy atom.